The highest BCUT2D eigenvalue weighted by Crippen LogP contribution is 2.33. The lowest BCUT2D eigenvalue weighted by molar-refractivity contribution is -0.137. The fourth-order valence-electron chi connectivity index (χ4n) is 2.48. The smallest absolute Gasteiger partial charge is 0.416 e. The third kappa shape index (κ3) is 4.08. The molecule has 0 radical (unpaired) electrons. The van der Waals surface area contributed by atoms with E-state index in [0.717, 1.165) is 12.1 Å². The average Bonchev–Trinajstić information content (AvgIpc) is 3.14. The van der Waals surface area contributed by atoms with Crippen molar-refractivity contribution in [1.29, 1.82) is 10.5 Å². The van der Waals surface area contributed by atoms with Crippen LogP contribution in [0.25, 0.3) is 23.0 Å². The van der Waals surface area contributed by atoms with Crippen LogP contribution in [0.2, 0.25) is 0 Å². The van der Waals surface area contributed by atoms with Gasteiger partial charge in [0.2, 0.25) is 0 Å². The van der Waals surface area contributed by atoms with E-state index in [0.29, 0.717) is 28.0 Å². The molecule has 1 aromatic heterocycles. The summed E-state index contributed by atoms with van der Waals surface area (Å²) in [6.07, 6.45) is -2.94. The van der Waals surface area contributed by atoms with E-state index < -0.39 is 11.7 Å². The Hall–Kier alpha value is -3.77. The number of hydrogen-bond donors (Lipinski definition) is 0. The lowest BCUT2D eigenvalue weighted by atomic mass is 10.0. The van der Waals surface area contributed by atoms with Crippen LogP contribution in [0.1, 0.15) is 22.5 Å². The molecule has 0 aliphatic rings. The average molecular weight is 364 g/mol. The number of allylic oxidation sites excluding steroid dienone is 1. The quantitative estimate of drug-likeness (QED) is 0.544. The first-order valence-electron chi connectivity index (χ1n) is 7.80. The van der Waals surface area contributed by atoms with Crippen molar-refractivity contribution >= 4 is 11.6 Å². The van der Waals surface area contributed by atoms with Crippen molar-refractivity contribution in [2.24, 2.45) is 0 Å². The van der Waals surface area contributed by atoms with Gasteiger partial charge in [-0.25, -0.2) is 0 Å². The molecule has 2 aromatic carbocycles. The minimum atomic E-state index is -4.44. The molecule has 0 spiro atoms. The number of hydrogen-bond acceptors (Lipinski definition) is 3. The van der Waals surface area contributed by atoms with E-state index in [9.17, 15) is 18.4 Å². The second kappa shape index (κ2) is 7.23. The predicted molar refractivity (Wildman–Crippen MR) is 93.8 cm³/mol. The topological polar surface area (TPSA) is 60.7 Å². The number of nitriles is 2. The number of furan rings is 1. The fraction of sp³-hybridized carbons (Fsp3) is 0.0476. The van der Waals surface area contributed by atoms with Gasteiger partial charge in [-0.05, 0) is 48.0 Å². The third-order valence-electron chi connectivity index (χ3n) is 3.83. The summed E-state index contributed by atoms with van der Waals surface area (Å²) >= 11 is 0. The maximum Gasteiger partial charge on any atom is 0.416 e. The second-order valence-corrected chi connectivity index (χ2v) is 5.64. The van der Waals surface area contributed by atoms with Crippen LogP contribution >= 0.6 is 0 Å². The highest BCUT2D eigenvalue weighted by molar-refractivity contribution is 5.89. The van der Waals surface area contributed by atoms with E-state index in [1.807, 2.05) is 6.07 Å². The van der Waals surface area contributed by atoms with Gasteiger partial charge in [-0.2, -0.15) is 23.7 Å². The summed E-state index contributed by atoms with van der Waals surface area (Å²) in [6.45, 7) is 0. The molecule has 27 heavy (non-hydrogen) atoms. The molecule has 3 rings (SSSR count). The Labute approximate surface area is 153 Å². The van der Waals surface area contributed by atoms with Gasteiger partial charge in [-0.15, -0.1) is 0 Å². The van der Waals surface area contributed by atoms with Crippen molar-refractivity contribution in [1.82, 2.24) is 0 Å². The van der Waals surface area contributed by atoms with Gasteiger partial charge in [0.05, 0.1) is 28.8 Å². The Kier molecular flexibility index (Phi) is 4.83. The zero-order chi connectivity index (χ0) is 19.4. The fourth-order valence-corrected chi connectivity index (χ4v) is 2.48. The molecule has 0 amide bonds. The van der Waals surface area contributed by atoms with E-state index in [-0.39, 0.29) is 5.76 Å². The zero-order valence-corrected chi connectivity index (χ0v) is 13.8. The van der Waals surface area contributed by atoms with Crippen LogP contribution in [0.15, 0.2) is 65.1 Å². The van der Waals surface area contributed by atoms with E-state index in [1.165, 1.54) is 18.2 Å². The van der Waals surface area contributed by atoms with Crippen LogP contribution in [-0.4, -0.2) is 0 Å². The minimum absolute atomic E-state index is 0.268. The summed E-state index contributed by atoms with van der Waals surface area (Å²) in [5.41, 5.74) is 0.920. The van der Waals surface area contributed by atoms with Crippen LogP contribution in [0, 0.1) is 22.7 Å². The summed E-state index contributed by atoms with van der Waals surface area (Å²) < 4.78 is 44.1. The van der Waals surface area contributed by atoms with Crippen molar-refractivity contribution in [2.75, 3.05) is 0 Å². The maximum absolute atomic E-state index is 12.9. The standard InChI is InChI=1S/C21H11F3N2O/c22-21(23,24)18-3-1-2-16(10-18)20-9-8-19(27-20)11-17(13-26)15-6-4-14(12-25)5-7-15/h1-11H/b17-11+. The molecule has 0 aliphatic carbocycles. The van der Waals surface area contributed by atoms with Crippen LogP contribution < -0.4 is 0 Å². The summed E-state index contributed by atoms with van der Waals surface area (Å²) in [4.78, 5) is 0. The second-order valence-electron chi connectivity index (χ2n) is 5.64. The molecule has 3 nitrogen and oxygen atoms in total. The number of benzene rings is 2. The molecule has 0 bridgehead atoms. The van der Waals surface area contributed by atoms with Gasteiger partial charge in [0.15, 0.2) is 0 Å². The Bertz CT molecular complexity index is 1080. The molecule has 1 heterocycles. The number of nitrogens with zero attached hydrogens (tertiary/aromatic N) is 2. The highest BCUT2D eigenvalue weighted by atomic mass is 19.4. The molecular weight excluding hydrogens is 353 g/mol. The van der Waals surface area contributed by atoms with E-state index in [2.05, 4.69) is 6.07 Å². The number of halogens is 3. The largest absolute Gasteiger partial charge is 0.457 e. The Morgan fingerprint density at radius 2 is 1.70 bits per heavy atom. The first-order chi connectivity index (χ1) is 12.9. The highest BCUT2D eigenvalue weighted by Gasteiger charge is 2.30. The lowest BCUT2D eigenvalue weighted by Crippen LogP contribution is -2.04. The lowest BCUT2D eigenvalue weighted by Gasteiger charge is -2.07. The molecule has 0 saturated heterocycles. The Morgan fingerprint density at radius 3 is 2.33 bits per heavy atom. The van der Waals surface area contributed by atoms with E-state index in [1.54, 1.807) is 36.4 Å². The van der Waals surface area contributed by atoms with Gasteiger partial charge in [-0.3, -0.25) is 0 Å². The van der Waals surface area contributed by atoms with Gasteiger partial charge in [0.25, 0.3) is 0 Å². The van der Waals surface area contributed by atoms with Gasteiger partial charge in [0.1, 0.15) is 11.5 Å². The Morgan fingerprint density at radius 1 is 0.963 bits per heavy atom. The van der Waals surface area contributed by atoms with Crippen LogP contribution in [0.4, 0.5) is 13.2 Å². The maximum atomic E-state index is 12.9. The van der Waals surface area contributed by atoms with Crippen molar-refractivity contribution < 1.29 is 17.6 Å². The minimum Gasteiger partial charge on any atom is -0.457 e. The van der Waals surface area contributed by atoms with Crippen LogP contribution in [0.5, 0.6) is 0 Å². The van der Waals surface area contributed by atoms with Crippen molar-refractivity contribution in [2.45, 2.75) is 6.18 Å². The van der Waals surface area contributed by atoms with Gasteiger partial charge in [0, 0.05) is 5.56 Å². The summed E-state index contributed by atoms with van der Waals surface area (Å²) in [7, 11) is 0. The van der Waals surface area contributed by atoms with Crippen molar-refractivity contribution in [3.63, 3.8) is 0 Å². The molecule has 6 heteroatoms. The van der Waals surface area contributed by atoms with E-state index in [4.69, 9.17) is 9.68 Å². The van der Waals surface area contributed by atoms with Gasteiger partial charge < -0.3 is 4.42 Å². The molecule has 0 saturated carbocycles. The zero-order valence-electron chi connectivity index (χ0n) is 13.8. The molecule has 0 aliphatic heterocycles. The molecule has 0 unspecified atom stereocenters. The van der Waals surface area contributed by atoms with Crippen LogP contribution in [-0.2, 0) is 6.18 Å². The molecule has 132 valence electrons. The first-order valence-corrected chi connectivity index (χ1v) is 7.80. The number of rotatable bonds is 3. The molecule has 0 fully saturated rings. The molecule has 0 N–H and O–H groups in total. The number of alkyl halides is 3. The summed E-state index contributed by atoms with van der Waals surface area (Å²) in [5.74, 6) is 0.604. The van der Waals surface area contributed by atoms with Crippen LogP contribution in [0.3, 0.4) is 0 Å². The van der Waals surface area contributed by atoms with Crippen molar-refractivity contribution in [3.05, 3.63) is 83.1 Å². The Balaban J connectivity index is 1.92. The summed E-state index contributed by atoms with van der Waals surface area (Å²) in [6, 6.07) is 18.5. The molecular formula is C21H11F3N2O. The van der Waals surface area contributed by atoms with Crippen molar-refractivity contribution in [3.8, 4) is 23.5 Å². The van der Waals surface area contributed by atoms with E-state index >= 15 is 0 Å². The predicted octanol–water partition coefficient (Wildman–Crippen LogP) is 5.90. The molecule has 3 aromatic rings. The summed E-state index contributed by atoms with van der Waals surface area (Å²) in [5, 5.41) is 18.2. The SMILES string of the molecule is N#C/C(=C\c1ccc(-c2cccc(C(F)(F)F)c2)o1)c1ccc(C#N)cc1. The first kappa shape index (κ1) is 18.0. The van der Waals surface area contributed by atoms with Gasteiger partial charge >= 0.3 is 6.18 Å². The monoisotopic (exact) mass is 364 g/mol. The normalized spacial score (nSPS) is 11.7. The van der Waals surface area contributed by atoms with Gasteiger partial charge in [-0.1, -0.05) is 24.3 Å². The third-order valence-corrected chi connectivity index (χ3v) is 3.83. The molecule has 0 atom stereocenters.